The Morgan fingerprint density at radius 3 is 2.26 bits per heavy atom. The molecular weight excluding hydrogens is 449 g/mol. The molecule has 184 valence electrons. The molecule has 35 heavy (non-hydrogen) atoms. The van der Waals surface area contributed by atoms with Gasteiger partial charge in [0.05, 0.1) is 19.3 Å². The highest BCUT2D eigenvalue weighted by Crippen LogP contribution is 2.35. The van der Waals surface area contributed by atoms with E-state index in [9.17, 15) is 13.2 Å². The average Bonchev–Trinajstić information content (AvgIpc) is 2.89. The lowest BCUT2D eigenvalue weighted by molar-refractivity contribution is -0.00528. The summed E-state index contributed by atoms with van der Waals surface area (Å²) >= 11 is 0. The van der Waals surface area contributed by atoms with E-state index in [0.29, 0.717) is 35.8 Å². The molecule has 3 aromatic carbocycles. The summed E-state index contributed by atoms with van der Waals surface area (Å²) in [5.41, 5.74) is 2.57. The molecule has 5 heteroatoms. The summed E-state index contributed by atoms with van der Waals surface area (Å²) in [6.07, 6.45) is 6.38. The lowest BCUT2D eigenvalue weighted by Gasteiger charge is -2.27. The first-order chi connectivity index (χ1) is 17.0. The molecule has 0 aromatic heterocycles. The fourth-order valence-corrected chi connectivity index (χ4v) is 4.42. The molecule has 0 amide bonds. The van der Waals surface area contributed by atoms with Crippen LogP contribution in [0.5, 0.6) is 5.75 Å². The van der Waals surface area contributed by atoms with Gasteiger partial charge < -0.3 is 9.47 Å². The highest BCUT2D eigenvalue weighted by molar-refractivity contribution is 5.71. The number of unbranched alkanes of at least 4 members (excludes halogenated alkanes) is 2. The predicted molar refractivity (Wildman–Crippen MR) is 134 cm³/mol. The second-order valence-electron chi connectivity index (χ2n) is 9.01. The van der Waals surface area contributed by atoms with Crippen molar-refractivity contribution < 1.29 is 22.6 Å². The molecule has 1 heterocycles. The SMILES string of the molecule is C=CC1CCC(c2ccc(-c3ccc(-c4ccc(OCCCCC)c(F)c4F)cc3)c(F)c2)OC1. The number of hydrogen-bond acceptors (Lipinski definition) is 2. The maximum Gasteiger partial charge on any atom is 0.201 e. The summed E-state index contributed by atoms with van der Waals surface area (Å²) in [5, 5.41) is 0. The van der Waals surface area contributed by atoms with Crippen LogP contribution in [-0.2, 0) is 4.74 Å². The second-order valence-corrected chi connectivity index (χ2v) is 9.01. The monoisotopic (exact) mass is 480 g/mol. The molecule has 3 aromatic rings. The standard InChI is InChI=1S/C30H31F3O2/c1-3-5-6-17-34-28-16-14-25(29(32)30(28)33)22-10-8-21(9-11-22)24-13-12-23(18-26(24)31)27-15-7-20(4-2)19-35-27/h4,8-14,16,18,20,27H,2-3,5-7,15,17,19H2,1H3. The first kappa shape index (κ1) is 25.1. The van der Waals surface area contributed by atoms with Gasteiger partial charge in [-0.2, -0.15) is 4.39 Å². The van der Waals surface area contributed by atoms with E-state index in [4.69, 9.17) is 9.47 Å². The minimum absolute atomic E-state index is 0.0805. The molecule has 0 saturated carbocycles. The van der Waals surface area contributed by atoms with Crippen LogP contribution in [0.4, 0.5) is 13.2 Å². The van der Waals surface area contributed by atoms with Crippen LogP contribution in [0.25, 0.3) is 22.3 Å². The minimum atomic E-state index is -0.992. The van der Waals surface area contributed by atoms with E-state index in [-0.39, 0.29) is 23.2 Å². The highest BCUT2D eigenvalue weighted by Gasteiger charge is 2.22. The van der Waals surface area contributed by atoms with Gasteiger partial charge in [0.1, 0.15) is 5.82 Å². The van der Waals surface area contributed by atoms with Gasteiger partial charge in [-0.05, 0) is 54.2 Å². The molecule has 1 saturated heterocycles. The van der Waals surface area contributed by atoms with Crippen LogP contribution in [0.3, 0.4) is 0 Å². The molecule has 0 radical (unpaired) electrons. The van der Waals surface area contributed by atoms with Gasteiger partial charge in [0.2, 0.25) is 5.82 Å². The van der Waals surface area contributed by atoms with Gasteiger partial charge in [0.15, 0.2) is 11.6 Å². The van der Waals surface area contributed by atoms with Crippen LogP contribution in [0, 0.1) is 23.4 Å². The number of hydrogen-bond donors (Lipinski definition) is 0. The topological polar surface area (TPSA) is 18.5 Å². The van der Waals surface area contributed by atoms with Crippen molar-refractivity contribution in [2.75, 3.05) is 13.2 Å². The highest BCUT2D eigenvalue weighted by atomic mass is 19.2. The van der Waals surface area contributed by atoms with Crippen molar-refractivity contribution in [3.8, 4) is 28.0 Å². The Hall–Kier alpha value is -3.05. The van der Waals surface area contributed by atoms with Gasteiger partial charge in [0, 0.05) is 17.0 Å². The van der Waals surface area contributed by atoms with Crippen molar-refractivity contribution in [1.29, 1.82) is 0 Å². The van der Waals surface area contributed by atoms with Crippen LogP contribution in [0.15, 0.2) is 67.3 Å². The lowest BCUT2D eigenvalue weighted by atomic mass is 9.93. The van der Waals surface area contributed by atoms with Crippen LogP contribution in [-0.4, -0.2) is 13.2 Å². The van der Waals surface area contributed by atoms with Crippen molar-refractivity contribution in [2.24, 2.45) is 5.92 Å². The Morgan fingerprint density at radius 1 is 0.914 bits per heavy atom. The summed E-state index contributed by atoms with van der Waals surface area (Å²) in [5.74, 6) is -2.02. The molecular formula is C30H31F3O2. The zero-order chi connectivity index (χ0) is 24.8. The molecule has 0 bridgehead atoms. The van der Waals surface area contributed by atoms with Crippen LogP contribution in [0.1, 0.15) is 50.7 Å². The summed E-state index contributed by atoms with van der Waals surface area (Å²) in [4.78, 5) is 0. The maximum absolute atomic E-state index is 15.0. The summed E-state index contributed by atoms with van der Waals surface area (Å²) < 4.78 is 55.5. The fraction of sp³-hybridized carbons (Fsp3) is 0.333. The molecule has 1 fully saturated rings. The summed E-state index contributed by atoms with van der Waals surface area (Å²) in [7, 11) is 0. The summed E-state index contributed by atoms with van der Waals surface area (Å²) in [6.45, 7) is 6.83. The van der Waals surface area contributed by atoms with Crippen molar-refractivity contribution in [3.05, 3.63) is 90.3 Å². The minimum Gasteiger partial charge on any atom is -0.490 e. The molecule has 1 aliphatic heterocycles. The second kappa shape index (κ2) is 11.6. The Balaban J connectivity index is 1.48. The van der Waals surface area contributed by atoms with Crippen LogP contribution < -0.4 is 4.74 Å². The van der Waals surface area contributed by atoms with E-state index in [2.05, 4.69) is 13.5 Å². The Bertz CT molecular complexity index is 1150. The number of halogens is 3. The van der Waals surface area contributed by atoms with Gasteiger partial charge in [0.25, 0.3) is 0 Å². The van der Waals surface area contributed by atoms with Gasteiger partial charge >= 0.3 is 0 Å². The maximum atomic E-state index is 15.0. The summed E-state index contributed by atoms with van der Waals surface area (Å²) in [6, 6.07) is 14.9. The normalized spacial score (nSPS) is 17.8. The van der Waals surface area contributed by atoms with Crippen LogP contribution in [0.2, 0.25) is 0 Å². The van der Waals surface area contributed by atoms with E-state index in [0.717, 1.165) is 37.7 Å². The predicted octanol–water partition coefficient (Wildman–Crippen LogP) is 8.66. The molecule has 0 N–H and O–H groups in total. The number of benzene rings is 3. The fourth-order valence-electron chi connectivity index (χ4n) is 4.42. The van der Waals surface area contributed by atoms with Gasteiger partial charge in [-0.3, -0.25) is 0 Å². The molecule has 0 spiro atoms. The van der Waals surface area contributed by atoms with E-state index in [1.807, 2.05) is 12.1 Å². The van der Waals surface area contributed by atoms with Gasteiger partial charge in [-0.1, -0.05) is 62.2 Å². The van der Waals surface area contributed by atoms with Gasteiger partial charge in [-0.15, -0.1) is 6.58 Å². The van der Waals surface area contributed by atoms with E-state index in [1.54, 1.807) is 30.3 Å². The third kappa shape index (κ3) is 5.79. The number of ether oxygens (including phenoxy) is 2. The van der Waals surface area contributed by atoms with Crippen molar-refractivity contribution in [2.45, 2.75) is 45.1 Å². The molecule has 1 aliphatic rings. The lowest BCUT2D eigenvalue weighted by Crippen LogP contribution is -2.19. The largest absolute Gasteiger partial charge is 0.490 e. The average molecular weight is 481 g/mol. The molecule has 2 unspecified atom stereocenters. The van der Waals surface area contributed by atoms with E-state index in [1.165, 1.54) is 18.2 Å². The third-order valence-electron chi connectivity index (χ3n) is 6.57. The number of rotatable bonds is 9. The van der Waals surface area contributed by atoms with Gasteiger partial charge in [-0.25, -0.2) is 8.78 Å². The zero-order valence-electron chi connectivity index (χ0n) is 20.0. The molecule has 0 aliphatic carbocycles. The first-order valence-electron chi connectivity index (χ1n) is 12.3. The van der Waals surface area contributed by atoms with Crippen LogP contribution >= 0.6 is 0 Å². The Labute approximate surface area is 205 Å². The first-order valence-corrected chi connectivity index (χ1v) is 12.3. The molecule has 4 rings (SSSR count). The quantitative estimate of drug-likeness (QED) is 0.225. The van der Waals surface area contributed by atoms with Crippen molar-refractivity contribution in [3.63, 3.8) is 0 Å². The molecule has 2 nitrogen and oxygen atoms in total. The van der Waals surface area contributed by atoms with Crippen molar-refractivity contribution in [1.82, 2.24) is 0 Å². The molecule has 2 atom stereocenters. The third-order valence-corrected chi connectivity index (χ3v) is 6.57. The Kier molecular flexibility index (Phi) is 8.29. The Morgan fingerprint density at radius 2 is 1.63 bits per heavy atom. The smallest absolute Gasteiger partial charge is 0.201 e. The zero-order valence-corrected chi connectivity index (χ0v) is 20.0. The van der Waals surface area contributed by atoms with E-state index >= 15 is 0 Å². The van der Waals surface area contributed by atoms with Crippen molar-refractivity contribution >= 4 is 0 Å². The van der Waals surface area contributed by atoms with E-state index < -0.39 is 11.6 Å².